The van der Waals surface area contributed by atoms with Gasteiger partial charge in [-0.25, -0.2) is 8.42 Å². The maximum Gasteiger partial charge on any atom is 0.416 e. The molecule has 1 aliphatic heterocycles. The highest BCUT2D eigenvalue weighted by atomic mass is 35.5. The van der Waals surface area contributed by atoms with E-state index in [2.05, 4.69) is 5.32 Å². The number of anilines is 1. The molecular formula is C21H19ClF6N2O4S. The van der Waals surface area contributed by atoms with Gasteiger partial charge in [0, 0.05) is 23.8 Å². The Morgan fingerprint density at radius 1 is 1.06 bits per heavy atom. The summed E-state index contributed by atoms with van der Waals surface area (Å²) in [7, 11) is -2.91. The molecule has 1 saturated heterocycles. The number of nitrogens with one attached hydrogen (secondary N) is 1. The molecule has 1 aliphatic rings. The fraction of sp³-hybridized carbons (Fsp3) is 0.381. The van der Waals surface area contributed by atoms with Gasteiger partial charge in [-0.3, -0.25) is 4.79 Å². The van der Waals surface area contributed by atoms with Crippen LogP contribution in [-0.2, 0) is 27.2 Å². The van der Waals surface area contributed by atoms with E-state index in [0.29, 0.717) is 12.1 Å². The van der Waals surface area contributed by atoms with Crippen molar-refractivity contribution >= 4 is 33.2 Å². The number of piperidine rings is 1. The number of halogens is 7. The molecule has 14 heteroatoms. The smallest absolute Gasteiger partial charge is 0.416 e. The quantitative estimate of drug-likeness (QED) is 0.510. The summed E-state index contributed by atoms with van der Waals surface area (Å²) in [6, 6.07) is 4.69. The Balaban J connectivity index is 1.85. The monoisotopic (exact) mass is 544 g/mol. The molecule has 0 radical (unpaired) electrons. The lowest BCUT2D eigenvalue weighted by molar-refractivity contribution is -0.143. The summed E-state index contributed by atoms with van der Waals surface area (Å²) in [6.45, 7) is -0.293. The third-order valence-corrected chi connectivity index (χ3v) is 7.48. The van der Waals surface area contributed by atoms with E-state index in [1.807, 2.05) is 0 Å². The zero-order valence-corrected chi connectivity index (χ0v) is 19.6. The minimum Gasteiger partial charge on any atom is -0.495 e. The zero-order valence-electron chi connectivity index (χ0n) is 18.0. The number of sulfonamides is 1. The van der Waals surface area contributed by atoms with Crippen LogP contribution in [0.2, 0.25) is 5.02 Å². The first-order valence-corrected chi connectivity index (χ1v) is 11.9. The van der Waals surface area contributed by atoms with Crippen molar-refractivity contribution in [2.45, 2.75) is 30.1 Å². The SMILES string of the molecule is COc1ccc(Cl)cc1S(=O)(=O)N1CCC[C@H](C(=O)Nc2cc(C(F)(F)F)cc(C(F)(F)F)c2)C1. The summed E-state index contributed by atoms with van der Waals surface area (Å²) in [5.74, 6) is -1.91. The number of benzene rings is 2. The minimum atomic E-state index is -5.08. The Bertz CT molecular complexity index is 1190. The van der Waals surface area contributed by atoms with Gasteiger partial charge in [-0.05, 0) is 49.2 Å². The van der Waals surface area contributed by atoms with E-state index in [9.17, 15) is 39.6 Å². The zero-order chi connectivity index (χ0) is 26.2. The molecule has 0 aromatic heterocycles. The lowest BCUT2D eigenvalue weighted by atomic mass is 9.98. The van der Waals surface area contributed by atoms with E-state index in [4.69, 9.17) is 16.3 Å². The van der Waals surface area contributed by atoms with Crippen LogP contribution in [0.4, 0.5) is 32.0 Å². The van der Waals surface area contributed by atoms with Gasteiger partial charge in [-0.15, -0.1) is 0 Å². The summed E-state index contributed by atoms with van der Waals surface area (Å²) in [5, 5.41) is 2.20. The van der Waals surface area contributed by atoms with Crippen molar-refractivity contribution < 1.29 is 44.3 Å². The third kappa shape index (κ3) is 6.19. The van der Waals surface area contributed by atoms with Gasteiger partial charge in [-0.1, -0.05) is 11.6 Å². The molecule has 0 saturated carbocycles. The lowest BCUT2D eigenvalue weighted by Gasteiger charge is -2.31. The van der Waals surface area contributed by atoms with Gasteiger partial charge in [0.2, 0.25) is 15.9 Å². The number of hydrogen-bond acceptors (Lipinski definition) is 4. The van der Waals surface area contributed by atoms with Gasteiger partial charge < -0.3 is 10.1 Å². The number of carbonyl (C=O) groups excluding carboxylic acids is 1. The summed E-state index contributed by atoms with van der Waals surface area (Å²) in [6.07, 6.45) is -9.74. The molecular weight excluding hydrogens is 526 g/mol. The number of alkyl halides is 6. The van der Waals surface area contributed by atoms with Gasteiger partial charge in [-0.2, -0.15) is 30.6 Å². The number of methoxy groups -OCH3 is 1. The first-order chi connectivity index (χ1) is 16.1. The van der Waals surface area contributed by atoms with Crippen LogP contribution in [0.3, 0.4) is 0 Å². The van der Waals surface area contributed by atoms with Crippen LogP contribution in [0, 0.1) is 5.92 Å². The predicted molar refractivity (Wildman–Crippen MR) is 115 cm³/mol. The number of hydrogen-bond donors (Lipinski definition) is 1. The fourth-order valence-corrected chi connectivity index (χ4v) is 5.58. The largest absolute Gasteiger partial charge is 0.495 e. The standard InChI is InChI=1S/C21H19ClF6N2O4S/c1-34-17-5-4-15(22)10-18(17)35(32,33)30-6-2-3-12(11-30)19(31)29-16-8-13(20(23,24)25)7-14(9-16)21(26,27)28/h4-5,7-10,12H,2-3,6,11H2,1H3,(H,29,31)/t12-/m0/s1. The molecule has 192 valence electrons. The molecule has 1 N–H and O–H groups in total. The Morgan fingerprint density at radius 2 is 1.66 bits per heavy atom. The predicted octanol–water partition coefficient (Wildman–Crippen LogP) is 5.43. The second kappa shape index (κ2) is 9.86. The number of amides is 1. The van der Waals surface area contributed by atoms with Gasteiger partial charge in [0.1, 0.15) is 10.6 Å². The number of rotatable bonds is 5. The van der Waals surface area contributed by atoms with E-state index in [1.54, 1.807) is 0 Å². The molecule has 2 aromatic rings. The summed E-state index contributed by atoms with van der Waals surface area (Å²) >= 11 is 5.91. The number of nitrogens with zero attached hydrogens (tertiary/aromatic N) is 1. The number of ether oxygens (including phenoxy) is 1. The maximum atomic E-state index is 13.2. The van der Waals surface area contributed by atoms with Crippen molar-refractivity contribution in [1.29, 1.82) is 0 Å². The second-order valence-electron chi connectivity index (χ2n) is 7.78. The van der Waals surface area contributed by atoms with Gasteiger partial charge in [0.25, 0.3) is 0 Å². The molecule has 1 atom stereocenters. The molecule has 0 unspecified atom stereocenters. The summed E-state index contributed by atoms with van der Waals surface area (Å²) < 4.78 is 111. The van der Waals surface area contributed by atoms with E-state index < -0.39 is 51.0 Å². The van der Waals surface area contributed by atoms with Crippen LogP contribution in [0.25, 0.3) is 0 Å². The Hall–Kier alpha value is -2.51. The average Bonchev–Trinajstić information content (AvgIpc) is 2.77. The molecule has 0 spiro atoms. The molecule has 2 aromatic carbocycles. The first-order valence-electron chi connectivity index (χ1n) is 10.1. The lowest BCUT2D eigenvalue weighted by Crippen LogP contribution is -2.43. The van der Waals surface area contributed by atoms with Crippen molar-refractivity contribution in [2.75, 3.05) is 25.5 Å². The van der Waals surface area contributed by atoms with Crippen molar-refractivity contribution in [3.63, 3.8) is 0 Å². The minimum absolute atomic E-state index is 0.0182. The highest BCUT2D eigenvalue weighted by molar-refractivity contribution is 7.89. The van der Waals surface area contributed by atoms with Crippen LogP contribution in [0.1, 0.15) is 24.0 Å². The van der Waals surface area contributed by atoms with Crippen LogP contribution in [0.15, 0.2) is 41.3 Å². The van der Waals surface area contributed by atoms with Crippen LogP contribution >= 0.6 is 11.6 Å². The molecule has 1 fully saturated rings. The fourth-order valence-electron chi connectivity index (χ4n) is 3.64. The number of carbonyl (C=O) groups is 1. The average molecular weight is 545 g/mol. The van der Waals surface area contributed by atoms with E-state index in [0.717, 1.165) is 4.31 Å². The molecule has 1 amide bonds. The van der Waals surface area contributed by atoms with Crippen LogP contribution < -0.4 is 10.1 Å². The Labute approximate surface area is 201 Å². The first kappa shape index (κ1) is 27.1. The molecule has 1 heterocycles. The van der Waals surface area contributed by atoms with E-state index in [1.165, 1.54) is 25.3 Å². The van der Waals surface area contributed by atoms with E-state index in [-0.39, 0.29) is 47.7 Å². The second-order valence-corrected chi connectivity index (χ2v) is 10.1. The molecule has 0 bridgehead atoms. The van der Waals surface area contributed by atoms with Crippen molar-refractivity contribution in [2.24, 2.45) is 5.92 Å². The van der Waals surface area contributed by atoms with Crippen molar-refractivity contribution in [1.82, 2.24) is 4.31 Å². The molecule has 0 aliphatic carbocycles. The Morgan fingerprint density at radius 3 is 2.20 bits per heavy atom. The molecule has 6 nitrogen and oxygen atoms in total. The van der Waals surface area contributed by atoms with Gasteiger partial charge in [0.05, 0.1) is 24.2 Å². The highest BCUT2D eigenvalue weighted by Crippen LogP contribution is 2.38. The van der Waals surface area contributed by atoms with Gasteiger partial charge in [0.15, 0.2) is 0 Å². The van der Waals surface area contributed by atoms with Crippen molar-refractivity contribution in [3.8, 4) is 5.75 Å². The van der Waals surface area contributed by atoms with Crippen LogP contribution in [-0.4, -0.2) is 38.8 Å². The topological polar surface area (TPSA) is 75.7 Å². The maximum absolute atomic E-state index is 13.2. The van der Waals surface area contributed by atoms with Gasteiger partial charge >= 0.3 is 12.4 Å². The Kier molecular flexibility index (Phi) is 7.63. The van der Waals surface area contributed by atoms with E-state index >= 15 is 0 Å². The molecule has 35 heavy (non-hydrogen) atoms. The summed E-state index contributed by atoms with van der Waals surface area (Å²) in [4.78, 5) is 12.5. The van der Waals surface area contributed by atoms with Crippen molar-refractivity contribution in [3.05, 3.63) is 52.5 Å². The highest BCUT2D eigenvalue weighted by Gasteiger charge is 2.38. The molecule has 3 rings (SSSR count). The van der Waals surface area contributed by atoms with Crippen LogP contribution in [0.5, 0.6) is 5.75 Å². The normalized spacial score (nSPS) is 17.8. The third-order valence-electron chi connectivity index (χ3n) is 5.35. The summed E-state index contributed by atoms with van der Waals surface area (Å²) in [5.41, 5.74) is -3.86.